The standard InChI is InChI=1S/C18H18Cl2N2O4/c1-11(18(23)22-14-6-4-5-13(19)9-14)26-21-10-12-7-15(20)17(25-3)16(8-12)24-2/h4-11H,1-3H3,(H,22,23)/b21-10-/t11-/m0/s1. The minimum Gasteiger partial charge on any atom is -0.493 e. The van der Waals surface area contributed by atoms with Crippen molar-refractivity contribution in [3.05, 3.63) is 52.0 Å². The summed E-state index contributed by atoms with van der Waals surface area (Å²) in [4.78, 5) is 17.3. The molecule has 0 aliphatic heterocycles. The number of oxime groups is 1. The van der Waals surface area contributed by atoms with Gasteiger partial charge in [-0.3, -0.25) is 4.79 Å². The van der Waals surface area contributed by atoms with Gasteiger partial charge < -0.3 is 19.6 Å². The van der Waals surface area contributed by atoms with Crippen LogP contribution in [0.1, 0.15) is 12.5 Å². The van der Waals surface area contributed by atoms with Crippen LogP contribution >= 0.6 is 23.2 Å². The fourth-order valence-electron chi connectivity index (χ4n) is 2.05. The lowest BCUT2D eigenvalue weighted by Gasteiger charge is -2.11. The summed E-state index contributed by atoms with van der Waals surface area (Å²) in [6.45, 7) is 1.58. The Morgan fingerprint density at radius 3 is 2.62 bits per heavy atom. The Bertz CT molecular complexity index is 812. The summed E-state index contributed by atoms with van der Waals surface area (Å²) < 4.78 is 10.4. The van der Waals surface area contributed by atoms with Crippen LogP contribution in [-0.4, -0.2) is 32.4 Å². The highest BCUT2D eigenvalue weighted by atomic mass is 35.5. The first-order valence-electron chi connectivity index (χ1n) is 7.61. The average Bonchev–Trinajstić information content (AvgIpc) is 2.61. The first-order valence-corrected chi connectivity index (χ1v) is 8.37. The minimum absolute atomic E-state index is 0.352. The lowest BCUT2D eigenvalue weighted by molar-refractivity contribution is -0.126. The van der Waals surface area contributed by atoms with E-state index in [1.165, 1.54) is 20.4 Å². The summed E-state index contributed by atoms with van der Waals surface area (Å²) >= 11 is 12.0. The molecule has 2 aromatic rings. The maximum absolute atomic E-state index is 12.1. The van der Waals surface area contributed by atoms with Crippen molar-refractivity contribution in [2.75, 3.05) is 19.5 Å². The Hall–Kier alpha value is -2.44. The molecular weight excluding hydrogens is 379 g/mol. The monoisotopic (exact) mass is 396 g/mol. The number of hydrogen-bond donors (Lipinski definition) is 1. The average molecular weight is 397 g/mol. The molecule has 0 bridgehead atoms. The molecular formula is C18H18Cl2N2O4. The van der Waals surface area contributed by atoms with Gasteiger partial charge in [0.1, 0.15) is 0 Å². The van der Waals surface area contributed by atoms with E-state index in [1.54, 1.807) is 43.3 Å². The van der Waals surface area contributed by atoms with E-state index < -0.39 is 6.10 Å². The molecule has 0 aromatic heterocycles. The van der Waals surface area contributed by atoms with Crippen molar-refractivity contribution in [3.8, 4) is 11.5 Å². The Morgan fingerprint density at radius 1 is 1.19 bits per heavy atom. The predicted molar refractivity (Wildman–Crippen MR) is 103 cm³/mol. The van der Waals surface area contributed by atoms with Crippen molar-refractivity contribution < 1.29 is 19.1 Å². The number of halogens is 2. The smallest absolute Gasteiger partial charge is 0.267 e. The van der Waals surface area contributed by atoms with Crippen LogP contribution in [0.25, 0.3) is 0 Å². The van der Waals surface area contributed by atoms with Crippen molar-refractivity contribution >= 4 is 41.0 Å². The molecule has 0 heterocycles. The number of amides is 1. The van der Waals surface area contributed by atoms with E-state index in [2.05, 4.69) is 10.5 Å². The van der Waals surface area contributed by atoms with Gasteiger partial charge in [-0.25, -0.2) is 0 Å². The number of carbonyl (C=O) groups excluding carboxylic acids is 1. The molecule has 1 atom stereocenters. The molecule has 1 amide bonds. The van der Waals surface area contributed by atoms with Crippen LogP contribution in [0.2, 0.25) is 10.0 Å². The SMILES string of the molecule is COc1cc(/C=N\O[C@@H](C)C(=O)Nc2cccc(Cl)c2)cc(Cl)c1OC. The molecule has 1 N–H and O–H groups in total. The summed E-state index contributed by atoms with van der Waals surface area (Å²) in [5.74, 6) is 0.546. The molecule has 8 heteroatoms. The number of methoxy groups -OCH3 is 2. The second-order valence-electron chi connectivity index (χ2n) is 5.22. The molecule has 0 radical (unpaired) electrons. The highest BCUT2D eigenvalue weighted by Gasteiger charge is 2.14. The molecule has 0 unspecified atom stereocenters. The zero-order valence-corrected chi connectivity index (χ0v) is 16.0. The zero-order valence-electron chi connectivity index (χ0n) is 14.5. The van der Waals surface area contributed by atoms with Gasteiger partial charge in [-0.15, -0.1) is 0 Å². The van der Waals surface area contributed by atoms with Crippen LogP contribution in [0, 0.1) is 0 Å². The van der Waals surface area contributed by atoms with Gasteiger partial charge in [0.25, 0.3) is 5.91 Å². The van der Waals surface area contributed by atoms with Gasteiger partial charge in [0.15, 0.2) is 11.5 Å². The highest BCUT2D eigenvalue weighted by molar-refractivity contribution is 6.32. The number of nitrogens with one attached hydrogen (secondary N) is 1. The molecule has 138 valence electrons. The van der Waals surface area contributed by atoms with Crippen molar-refractivity contribution in [2.24, 2.45) is 5.16 Å². The Labute approximate surface area is 161 Å². The lowest BCUT2D eigenvalue weighted by atomic mass is 10.2. The first-order chi connectivity index (χ1) is 12.4. The maximum atomic E-state index is 12.1. The molecule has 0 spiro atoms. The summed E-state index contributed by atoms with van der Waals surface area (Å²) in [6.07, 6.45) is 0.623. The third-order valence-electron chi connectivity index (χ3n) is 3.34. The summed E-state index contributed by atoms with van der Waals surface area (Å²) in [5.41, 5.74) is 1.21. The van der Waals surface area contributed by atoms with Gasteiger partial charge in [0.05, 0.1) is 25.5 Å². The van der Waals surface area contributed by atoms with Crippen molar-refractivity contribution in [1.29, 1.82) is 0 Å². The Kier molecular flexibility index (Phi) is 7.12. The third-order valence-corrected chi connectivity index (χ3v) is 3.85. The maximum Gasteiger partial charge on any atom is 0.267 e. The fraction of sp³-hybridized carbons (Fsp3) is 0.222. The second-order valence-corrected chi connectivity index (χ2v) is 6.06. The second kappa shape index (κ2) is 9.31. The van der Waals surface area contributed by atoms with Gasteiger partial charge in [-0.1, -0.05) is 34.4 Å². The third kappa shape index (κ3) is 5.28. The van der Waals surface area contributed by atoms with Crippen molar-refractivity contribution in [3.63, 3.8) is 0 Å². The molecule has 0 aliphatic rings. The van der Waals surface area contributed by atoms with Gasteiger partial charge in [0, 0.05) is 16.3 Å². The van der Waals surface area contributed by atoms with E-state index in [0.717, 1.165) is 0 Å². The van der Waals surface area contributed by atoms with Gasteiger partial charge in [-0.05, 0) is 37.3 Å². The quantitative estimate of drug-likeness (QED) is 0.556. The number of carbonyl (C=O) groups is 1. The normalized spacial score (nSPS) is 11.9. The van der Waals surface area contributed by atoms with Gasteiger partial charge in [-0.2, -0.15) is 0 Å². The number of anilines is 1. The Balaban J connectivity index is 1.99. The van der Waals surface area contributed by atoms with E-state index >= 15 is 0 Å². The largest absolute Gasteiger partial charge is 0.493 e. The van der Waals surface area contributed by atoms with Crippen LogP contribution in [-0.2, 0) is 9.63 Å². The summed E-state index contributed by atoms with van der Waals surface area (Å²) in [6, 6.07) is 10.2. The predicted octanol–water partition coefficient (Wildman–Crippen LogP) is 4.39. The van der Waals surface area contributed by atoms with E-state index in [0.29, 0.717) is 32.8 Å². The topological polar surface area (TPSA) is 69.2 Å². The lowest BCUT2D eigenvalue weighted by Crippen LogP contribution is -2.26. The van der Waals surface area contributed by atoms with E-state index in [4.69, 9.17) is 37.5 Å². The van der Waals surface area contributed by atoms with E-state index in [-0.39, 0.29) is 5.91 Å². The van der Waals surface area contributed by atoms with Gasteiger partial charge in [0.2, 0.25) is 6.10 Å². The van der Waals surface area contributed by atoms with Crippen LogP contribution in [0.4, 0.5) is 5.69 Å². The molecule has 0 aliphatic carbocycles. The molecule has 0 saturated carbocycles. The molecule has 6 nitrogen and oxygen atoms in total. The molecule has 2 rings (SSSR count). The van der Waals surface area contributed by atoms with E-state index in [9.17, 15) is 4.79 Å². The highest BCUT2D eigenvalue weighted by Crippen LogP contribution is 2.35. The molecule has 2 aromatic carbocycles. The molecule has 0 fully saturated rings. The van der Waals surface area contributed by atoms with Crippen molar-refractivity contribution in [2.45, 2.75) is 13.0 Å². The summed E-state index contributed by atoms with van der Waals surface area (Å²) in [7, 11) is 3.01. The first kappa shape index (κ1) is 19.9. The Morgan fingerprint density at radius 2 is 1.96 bits per heavy atom. The minimum atomic E-state index is -0.805. The molecule has 0 saturated heterocycles. The van der Waals surface area contributed by atoms with Crippen LogP contribution < -0.4 is 14.8 Å². The van der Waals surface area contributed by atoms with Crippen LogP contribution in [0.5, 0.6) is 11.5 Å². The fourth-order valence-corrected chi connectivity index (χ4v) is 2.54. The number of benzene rings is 2. The number of nitrogens with zero attached hydrogens (tertiary/aromatic N) is 1. The number of ether oxygens (including phenoxy) is 2. The van der Waals surface area contributed by atoms with E-state index in [1.807, 2.05) is 0 Å². The number of hydrogen-bond acceptors (Lipinski definition) is 5. The van der Waals surface area contributed by atoms with Crippen molar-refractivity contribution in [1.82, 2.24) is 0 Å². The summed E-state index contributed by atoms with van der Waals surface area (Å²) in [5, 5.41) is 7.42. The number of rotatable bonds is 7. The zero-order chi connectivity index (χ0) is 19.1. The van der Waals surface area contributed by atoms with Crippen LogP contribution in [0.15, 0.2) is 41.6 Å². The molecule has 26 heavy (non-hydrogen) atoms. The van der Waals surface area contributed by atoms with Gasteiger partial charge >= 0.3 is 0 Å². The van der Waals surface area contributed by atoms with Crippen LogP contribution in [0.3, 0.4) is 0 Å².